The van der Waals surface area contributed by atoms with Gasteiger partial charge in [0.2, 0.25) is 0 Å². The Bertz CT molecular complexity index is 100. The van der Waals surface area contributed by atoms with Gasteiger partial charge in [-0.2, -0.15) is 5.26 Å². The van der Waals surface area contributed by atoms with Crippen LogP contribution in [-0.4, -0.2) is 0 Å². The summed E-state index contributed by atoms with van der Waals surface area (Å²) in [4.78, 5) is 0. The van der Waals surface area contributed by atoms with E-state index < -0.39 is 8.16 Å². The van der Waals surface area contributed by atoms with Crippen molar-refractivity contribution < 1.29 is 21.0 Å². The molecule has 0 aliphatic rings. The van der Waals surface area contributed by atoms with Gasteiger partial charge in [0.1, 0.15) is 0 Å². The van der Waals surface area contributed by atoms with Gasteiger partial charge in [-0.3, -0.25) is 0 Å². The Balaban J connectivity index is 0. The first kappa shape index (κ1) is 11.4. The van der Waals surface area contributed by atoms with E-state index in [1.54, 1.807) is 6.07 Å². The van der Waals surface area contributed by atoms with E-state index in [0.717, 1.165) is 0 Å². The van der Waals surface area contributed by atoms with Crippen molar-refractivity contribution in [2.75, 3.05) is 0 Å². The van der Waals surface area contributed by atoms with Crippen LogP contribution >= 0.6 is 8.16 Å². The molecule has 0 saturated carbocycles. The van der Waals surface area contributed by atoms with Crippen molar-refractivity contribution in [3.63, 3.8) is 0 Å². The second kappa shape index (κ2) is 2.92. The third-order valence-corrected chi connectivity index (χ3v) is 0. The molecule has 0 spiro atoms. The molecule has 0 atom stereocenters. The molecule has 0 aromatic carbocycles. The van der Waals surface area contributed by atoms with Crippen LogP contribution in [0.15, 0.2) is 0 Å². The summed E-state index contributed by atoms with van der Waals surface area (Å²) in [6, 6.07) is 1.75. The summed E-state index contributed by atoms with van der Waals surface area (Å²) >= 11 is 0. The van der Waals surface area contributed by atoms with Crippen LogP contribution in [0.1, 0.15) is 6.92 Å². The summed E-state index contributed by atoms with van der Waals surface area (Å²) in [5.41, 5.74) is 0. The zero-order valence-corrected chi connectivity index (χ0v) is 5.18. The van der Waals surface area contributed by atoms with Gasteiger partial charge in [0.25, 0.3) is 0 Å². The molecule has 0 rings (SSSR count). The Kier molecular flexibility index (Phi) is 3.70. The average Bonchev–Trinajstić information content (AvgIpc) is 1.23. The van der Waals surface area contributed by atoms with E-state index in [9.17, 15) is 21.0 Å². The standard InChI is InChI=1S/C2H3N.F5P/c1-2-3;1-6(2,3,4)5/h1H3;. The molecule has 9 heavy (non-hydrogen) atoms. The maximum absolute atomic E-state index is 9.84. The summed E-state index contributed by atoms with van der Waals surface area (Å²) < 4.78 is 49.2. The van der Waals surface area contributed by atoms with Crippen LogP contribution in [0.25, 0.3) is 0 Å². The van der Waals surface area contributed by atoms with E-state index in [1.165, 1.54) is 6.92 Å². The molecule has 0 aromatic rings. The van der Waals surface area contributed by atoms with Gasteiger partial charge < -0.3 is 0 Å². The Labute approximate surface area is 48.6 Å². The third-order valence-electron chi connectivity index (χ3n) is 0. The first-order valence-electron chi connectivity index (χ1n) is 1.57. The van der Waals surface area contributed by atoms with Gasteiger partial charge in [-0.15, -0.1) is 0 Å². The predicted octanol–water partition coefficient (Wildman–Crippen LogP) is 3.49. The van der Waals surface area contributed by atoms with Gasteiger partial charge in [-0.05, 0) is 0 Å². The molecule has 0 heterocycles. The SMILES string of the molecule is CC#N.FP(F)(F)(F)F. The Morgan fingerprint density at radius 2 is 1.11 bits per heavy atom. The van der Waals surface area contributed by atoms with Crippen LogP contribution in [0.2, 0.25) is 0 Å². The van der Waals surface area contributed by atoms with E-state index in [-0.39, 0.29) is 0 Å². The molecular weight excluding hydrogens is 164 g/mol. The first-order chi connectivity index (χ1) is 3.65. The normalized spacial score (nSPS) is 13.7. The van der Waals surface area contributed by atoms with E-state index in [2.05, 4.69) is 0 Å². The molecule has 1 nitrogen and oxygen atoms in total. The molecule has 0 aliphatic carbocycles. The molecule has 0 aromatic heterocycles. The van der Waals surface area contributed by atoms with Crippen molar-refractivity contribution in [1.29, 1.82) is 5.26 Å². The van der Waals surface area contributed by atoms with Gasteiger partial charge in [0, 0.05) is 6.92 Å². The molecule has 56 valence electrons. The number of hydrogen-bond donors (Lipinski definition) is 0. The molecule has 0 aliphatic heterocycles. The topological polar surface area (TPSA) is 23.8 Å². The summed E-state index contributed by atoms with van der Waals surface area (Å²) in [6.07, 6.45) is 0. The quantitative estimate of drug-likeness (QED) is 0.400. The Morgan fingerprint density at radius 1 is 1.11 bits per heavy atom. The van der Waals surface area contributed by atoms with Crippen molar-refractivity contribution in [2.45, 2.75) is 6.92 Å². The molecule has 0 N–H and O–H groups in total. The molecule has 0 bridgehead atoms. The zero-order chi connectivity index (χ0) is 8.15. The number of hydrogen-bond acceptors (Lipinski definition) is 1. The number of halogens is 5. The van der Waals surface area contributed by atoms with E-state index in [0.29, 0.717) is 0 Å². The number of nitriles is 1. The fourth-order valence-corrected chi connectivity index (χ4v) is 0. The van der Waals surface area contributed by atoms with Gasteiger partial charge in [-0.25, -0.2) is 0 Å². The minimum atomic E-state index is -8.55. The van der Waals surface area contributed by atoms with Crippen LogP contribution in [0, 0.1) is 11.3 Å². The van der Waals surface area contributed by atoms with E-state index in [4.69, 9.17) is 5.26 Å². The van der Waals surface area contributed by atoms with Crippen molar-refractivity contribution in [1.82, 2.24) is 0 Å². The van der Waals surface area contributed by atoms with Crippen molar-refractivity contribution in [3.05, 3.63) is 0 Å². The third kappa shape index (κ3) is 1270. The molecule has 0 radical (unpaired) electrons. The maximum atomic E-state index is 9.84. The molecule has 7 heteroatoms. The molecule has 0 unspecified atom stereocenters. The Morgan fingerprint density at radius 3 is 1.11 bits per heavy atom. The average molecular weight is 167 g/mol. The zero-order valence-electron chi connectivity index (χ0n) is 4.28. The van der Waals surface area contributed by atoms with Crippen LogP contribution < -0.4 is 0 Å². The molecular formula is C2H3F5NP. The summed E-state index contributed by atoms with van der Waals surface area (Å²) in [5, 5.41) is 7.32. The molecule has 0 fully saturated rings. The second-order valence-corrected chi connectivity index (χ2v) is 2.14. The van der Waals surface area contributed by atoms with Gasteiger partial charge in [0.05, 0.1) is 6.07 Å². The van der Waals surface area contributed by atoms with Crippen molar-refractivity contribution in [3.8, 4) is 6.07 Å². The van der Waals surface area contributed by atoms with E-state index >= 15 is 0 Å². The minimum absolute atomic E-state index is 1.43. The first-order valence-corrected chi connectivity index (χ1v) is 3.26. The van der Waals surface area contributed by atoms with Crippen LogP contribution in [0.3, 0.4) is 0 Å². The summed E-state index contributed by atoms with van der Waals surface area (Å²) in [6.45, 7) is 1.43. The van der Waals surface area contributed by atoms with Crippen LogP contribution in [0.4, 0.5) is 21.0 Å². The fourth-order valence-electron chi connectivity index (χ4n) is 0. The number of rotatable bonds is 0. The van der Waals surface area contributed by atoms with Crippen molar-refractivity contribution >= 4 is 8.16 Å². The number of nitrogens with zero attached hydrogens (tertiary/aromatic N) is 1. The summed E-state index contributed by atoms with van der Waals surface area (Å²) in [5.74, 6) is 0. The van der Waals surface area contributed by atoms with Crippen LogP contribution in [0.5, 0.6) is 0 Å². The van der Waals surface area contributed by atoms with E-state index in [1.807, 2.05) is 0 Å². The molecule has 0 amide bonds. The van der Waals surface area contributed by atoms with Crippen LogP contribution in [-0.2, 0) is 0 Å². The predicted molar refractivity (Wildman–Crippen MR) is 23.7 cm³/mol. The van der Waals surface area contributed by atoms with Crippen molar-refractivity contribution in [2.24, 2.45) is 0 Å². The van der Waals surface area contributed by atoms with Gasteiger partial charge in [-0.1, -0.05) is 0 Å². The molecule has 0 saturated heterocycles. The fraction of sp³-hybridized carbons (Fsp3) is 0.500. The van der Waals surface area contributed by atoms with Gasteiger partial charge >= 0.3 is 29.1 Å². The Hall–Kier alpha value is -0.430. The second-order valence-electron chi connectivity index (χ2n) is 0.862. The summed E-state index contributed by atoms with van der Waals surface area (Å²) in [7, 11) is -8.55. The van der Waals surface area contributed by atoms with Gasteiger partial charge in [0.15, 0.2) is 0 Å². The monoisotopic (exact) mass is 167 g/mol.